The van der Waals surface area contributed by atoms with Crippen molar-refractivity contribution in [2.75, 3.05) is 0 Å². The molecule has 1 aromatic heterocycles. The molecule has 19 heavy (non-hydrogen) atoms. The summed E-state index contributed by atoms with van der Waals surface area (Å²) in [5.74, 6) is 1.57. The molecule has 0 bridgehead atoms. The van der Waals surface area contributed by atoms with Gasteiger partial charge in [0.05, 0.1) is 4.47 Å². The topological polar surface area (TPSA) is 66.0 Å². The van der Waals surface area contributed by atoms with Crippen LogP contribution in [0.25, 0.3) is 0 Å². The van der Waals surface area contributed by atoms with Crippen LogP contribution in [0.3, 0.4) is 0 Å². The van der Waals surface area contributed by atoms with E-state index in [4.69, 9.17) is 10.5 Å². The van der Waals surface area contributed by atoms with Crippen molar-refractivity contribution in [1.29, 1.82) is 0 Å². The monoisotopic (exact) mass is 324 g/mol. The lowest BCUT2D eigenvalue weighted by Crippen LogP contribution is -2.17. The molecule has 2 N–H and O–H groups in total. The molecular formula is C13H17BrN4O. The lowest BCUT2D eigenvalue weighted by molar-refractivity contribution is 0.288. The molecule has 0 amide bonds. The maximum Gasteiger partial charge on any atom is 0.164 e. The molecule has 0 aliphatic heterocycles. The molecule has 0 saturated heterocycles. The smallest absolute Gasteiger partial charge is 0.164 e. The predicted octanol–water partition coefficient (Wildman–Crippen LogP) is 2.05. The summed E-state index contributed by atoms with van der Waals surface area (Å²) in [7, 11) is 1.84. The van der Waals surface area contributed by atoms with E-state index in [-0.39, 0.29) is 6.04 Å². The fraction of sp³-hybridized carbons (Fsp3) is 0.385. The van der Waals surface area contributed by atoms with E-state index in [1.54, 1.807) is 4.68 Å². The van der Waals surface area contributed by atoms with Crippen molar-refractivity contribution >= 4 is 15.9 Å². The van der Waals surface area contributed by atoms with Crippen molar-refractivity contribution in [3.05, 3.63) is 40.4 Å². The molecule has 1 heterocycles. The highest BCUT2D eigenvalue weighted by Gasteiger charge is 2.07. The molecular weight excluding hydrogens is 308 g/mol. The summed E-state index contributed by atoms with van der Waals surface area (Å²) in [6.07, 6.45) is 2.36. The molecule has 2 rings (SSSR count). The van der Waals surface area contributed by atoms with Crippen LogP contribution in [-0.2, 0) is 20.1 Å². The van der Waals surface area contributed by atoms with Gasteiger partial charge in [-0.1, -0.05) is 6.07 Å². The van der Waals surface area contributed by atoms with E-state index in [0.717, 1.165) is 22.5 Å². The number of halogens is 1. The largest absolute Gasteiger partial charge is 0.484 e. The number of aryl methyl sites for hydroxylation is 1. The van der Waals surface area contributed by atoms with Crippen molar-refractivity contribution < 1.29 is 4.74 Å². The lowest BCUT2D eigenvalue weighted by atomic mass is 10.1. The number of nitrogens with two attached hydrogens (primary N) is 1. The molecule has 1 aromatic carbocycles. The number of hydrogen-bond donors (Lipinski definition) is 1. The van der Waals surface area contributed by atoms with Crippen LogP contribution in [0, 0.1) is 0 Å². The third-order valence-electron chi connectivity index (χ3n) is 2.72. The third-order valence-corrected chi connectivity index (χ3v) is 3.34. The summed E-state index contributed by atoms with van der Waals surface area (Å²) in [6.45, 7) is 2.38. The number of benzene rings is 1. The van der Waals surface area contributed by atoms with Gasteiger partial charge in [-0.3, -0.25) is 4.68 Å². The van der Waals surface area contributed by atoms with E-state index < -0.39 is 0 Å². The normalized spacial score (nSPS) is 12.4. The average molecular weight is 325 g/mol. The molecule has 0 aliphatic rings. The first-order valence-electron chi connectivity index (χ1n) is 6.06. The SMILES string of the molecule is CC(N)Cc1ccc(OCc2ncnn2C)c(Br)c1. The van der Waals surface area contributed by atoms with Crippen LogP contribution in [-0.4, -0.2) is 20.8 Å². The Morgan fingerprint density at radius 2 is 2.26 bits per heavy atom. The van der Waals surface area contributed by atoms with Gasteiger partial charge in [0.2, 0.25) is 0 Å². The molecule has 1 atom stereocenters. The van der Waals surface area contributed by atoms with E-state index in [1.807, 2.05) is 32.2 Å². The summed E-state index contributed by atoms with van der Waals surface area (Å²) in [6, 6.07) is 6.16. The number of hydrogen-bond acceptors (Lipinski definition) is 4. The highest BCUT2D eigenvalue weighted by molar-refractivity contribution is 9.10. The zero-order valence-electron chi connectivity index (χ0n) is 11.0. The minimum atomic E-state index is 0.150. The van der Waals surface area contributed by atoms with Gasteiger partial charge in [0, 0.05) is 13.1 Å². The highest BCUT2D eigenvalue weighted by Crippen LogP contribution is 2.27. The lowest BCUT2D eigenvalue weighted by Gasteiger charge is -2.10. The minimum absolute atomic E-state index is 0.150. The molecule has 0 spiro atoms. The molecule has 0 radical (unpaired) electrons. The average Bonchev–Trinajstić information content (AvgIpc) is 2.73. The van der Waals surface area contributed by atoms with Gasteiger partial charge in [-0.05, 0) is 47.0 Å². The first-order valence-corrected chi connectivity index (χ1v) is 6.85. The summed E-state index contributed by atoms with van der Waals surface area (Å²) in [4.78, 5) is 4.11. The van der Waals surface area contributed by atoms with Crippen molar-refractivity contribution in [3.8, 4) is 5.75 Å². The molecule has 0 fully saturated rings. The van der Waals surface area contributed by atoms with E-state index in [0.29, 0.717) is 6.61 Å². The van der Waals surface area contributed by atoms with Gasteiger partial charge in [0.1, 0.15) is 18.7 Å². The molecule has 1 unspecified atom stereocenters. The summed E-state index contributed by atoms with van der Waals surface area (Å²) < 4.78 is 8.34. The number of ether oxygens (including phenoxy) is 1. The molecule has 2 aromatic rings. The Labute approximate surface area is 120 Å². The first-order chi connectivity index (χ1) is 9.06. The standard InChI is InChI=1S/C13H17BrN4O/c1-9(15)5-10-3-4-12(11(14)6-10)19-7-13-16-8-17-18(13)2/h3-4,6,8-9H,5,7,15H2,1-2H3. The van der Waals surface area contributed by atoms with Gasteiger partial charge >= 0.3 is 0 Å². The molecule has 5 nitrogen and oxygen atoms in total. The van der Waals surface area contributed by atoms with Crippen LogP contribution in [0.4, 0.5) is 0 Å². The van der Waals surface area contributed by atoms with Crippen molar-refractivity contribution in [2.45, 2.75) is 26.0 Å². The zero-order valence-corrected chi connectivity index (χ0v) is 12.6. The number of rotatable bonds is 5. The second-order valence-corrected chi connectivity index (χ2v) is 5.39. The molecule has 0 aliphatic carbocycles. The summed E-state index contributed by atoms with van der Waals surface area (Å²) >= 11 is 3.51. The molecule has 0 saturated carbocycles. The van der Waals surface area contributed by atoms with Gasteiger partial charge in [-0.15, -0.1) is 0 Å². The fourth-order valence-corrected chi connectivity index (χ4v) is 2.29. The third kappa shape index (κ3) is 3.78. The second kappa shape index (κ2) is 6.16. The van der Waals surface area contributed by atoms with Crippen LogP contribution in [0.15, 0.2) is 29.0 Å². The maximum atomic E-state index is 5.79. The van der Waals surface area contributed by atoms with E-state index in [1.165, 1.54) is 11.9 Å². The molecule has 102 valence electrons. The summed E-state index contributed by atoms with van der Waals surface area (Å²) in [5.41, 5.74) is 6.98. The van der Waals surface area contributed by atoms with Crippen LogP contribution in [0.5, 0.6) is 5.75 Å². The summed E-state index contributed by atoms with van der Waals surface area (Å²) in [5, 5.41) is 4.00. The van der Waals surface area contributed by atoms with E-state index >= 15 is 0 Å². The van der Waals surface area contributed by atoms with E-state index in [9.17, 15) is 0 Å². The Morgan fingerprint density at radius 3 is 2.84 bits per heavy atom. The van der Waals surface area contributed by atoms with Gasteiger partial charge in [0.25, 0.3) is 0 Å². The zero-order chi connectivity index (χ0) is 13.8. The van der Waals surface area contributed by atoms with Crippen molar-refractivity contribution in [3.63, 3.8) is 0 Å². The number of aromatic nitrogens is 3. The van der Waals surface area contributed by atoms with Gasteiger partial charge in [-0.2, -0.15) is 5.10 Å². The minimum Gasteiger partial charge on any atom is -0.484 e. The van der Waals surface area contributed by atoms with Crippen molar-refractivity contribution in [1.82, 2.24) is 14.8 Å². The molecule has 6 heteroatoms. The van der Waals surface area contributed by atoms with Gasteiger partial charge < -0.3 is 10.5 Å². The first kappa shape index (κ1) is 14.0. The van der Waals surface area contributed by atoms with Crippen LogP contribution in [0.1, 0.15) is 18.3 Å². The van der Waals surface area contributed by atoms with Crippen LogP contribution >= 0.6 is 15.9 Å². The Balaban J connectivity index is 2.03. The van der Waals surface area contributed by atoms with Crippen LogP contribution < -0.4 is 10.5 Å². The fourth-order valence-electron chi connectivity index (χ4n) is 1.75. The Hall–Kier alpha value is -1.40. The Morgan fingerprint density at radius 1 is 1.47 bits per heavy atom. The van der Waals surface area contributed by atoms with Gasteiger partial charge in [-0.25, -0.2) is 4.98 Å². The number of nitrogens with zero attached hydrogens (tertiary/aromatic N) is 3. The highest BCUT2D eigenvalue weighted by atomic mass is 79.9. The van der Waals surface area contributed by atoms with Gasteiger partial charge in [0.15, 0.2) is 5.82 Å². The van der Waals surface area contributed by atoms with Crippen LogP contribution in [0.2, 0.25) is 0 Å². The van der Waals surface area contributed by atoms with Crippen molar-refractivity contribution in [2.24, 2.45) is 12.8 Å². The quantitative estimate of drug-likeness (QED) is 0.914. The second-order valence-electron chi connectivity index (χ2n) is 4.53. The Kier molecular flexibility index (Phi) is 4.55. The maximum absolute atomic E-state index is 5.79. The Bertz CT molecular complexity index is 553. The predicted molar refractivity (Wildman–Crippen MR) is 76.8 cm³/mol. The van der Waals surface area contributed by atoms with E-state index in [2.05, 4.69) is 26.0 Å².